The molecule has 8 heteroatoms. The van der Waals surface area contributed by atoms with Crippen LogP contribution in [0.25, 0.3) is 0 Å². The summed E-state index contributed by atoms with van der Waals surface area (Å²) in [6.45, 7) is 1.41. The molecule has 3 heterocycles. The highest BCUT2D eigenvalue weighted by Crippen LogP contribution is 2.18. The number of hydrogen-bond donors (Lipinski definition) is 1. The number of nitrogens with zero attached hydrogens (tertiary/aromatic N) is 5. The lowest BCUT2D eigenvalue weighted by atomic mass is 10.4. The first-order chi connectivity index (χ1) is 9.15. The predicted octanol–water partition coefficient (Wildman–Crippen LogP) is 0.547. The van der Waals surface area contributed by atoms with Gasteiger partial charge in [0.2, 0.25) is 0 Å². The van der Waals surface area contributed by atoms with Crippen molar-refractivity contribution in [3.8, 4) is 0 Å². The number of aromatic carboxylic acids is 1. The maximum atomic E-state index is 10.7. The topological polar surface area (TPSA) is 97.3 Å². The lowest BCUT2D eigenvalue weighted by Gasteiger charge is -2.13. The summed E-state index contributed by atoms with van der Waals surface area (Å²) >= 11 is 0. The monoisotopic (exact) mass is 263 g/mol. The molecular weight excluding hydrogens is 250 g/mol. The van der Waals surface area contributed by atoms with Gasteiger partial charge in [0.25, 0.3) is 6.01 Å². The summed E-state index contributed by atoms with van der Waals surface area (Å²) in [5.74, 6) is 0.735. The van der Waals surface area contributed by atoms with Crippen LogP contribution in [0.4, 0.5) is 6.01 Å². The molecule has 100 valence electrons. The molecule has 0 bridgehead atoms. The van der Waals surface area contributed by atoms with E-state index in [0.717, 1.165) is 37.3 Å². The second-order valence-electron chi connectivity index (χ2n) is 4.46. The number of anilines is 1. The van der Waals surface area contributed by atoms with Crippen molar-refractivity contribution in [3.63, 3.8) is 0 Å². The third kappa shape index (κ3) is 2.05. The van der Waals surface area contributed by atoms with Crippen LogP contribution in [0.5, 0.6) is 0 Å². The number of rotatable bonds is 4. The summed E-state index contributed by atoms with van der Waals surface area (Å²) in [5.41, 5.74) is -0.103. The van der Waals surface area contributed by atoms with Crippen molar-refractivity contribution >= 4 is 12.0 Å². The average molecular weight is 263 g/mol. The molecule has 0 spiro atoms. The van der Waals surface area contributed by atoms with E-state index in [4.69, 9.17) is 9.52 Å². The van der Waals surface area contributed by atoms with E-state index >= 15 is 0 Å². The van der Waals surface area contributed by atoms with Gasteiger partial charge in [-0.1, -0.05) is 0 Å². The molecule has 0 aromatic carbocycles. The highest BCUT2D eigenvalue weighted by atomic mass is 16.4. The standard InChI is InChI=1S/C11H13N5O3/c1-15(11-12-7(6-19-11)10(17)18)5-9-14-13-8-3-2-4-16(8)9/h6H,2-5H2,1H3,(H,17,18). The second kappa shape index (κ2) is 4.38. The number of fused-ring (bicyclic) bond motifs is 1. The van der Waals surface area contributed by atoms with Gasteiger partial charge in [0.1, 0.15) is 12.1 Å². The summed E-state index contributed by atoms with van der Waals surface area (Å²) in [7, 11) is 1.77. The minimum atomic E-state index is -1.10. The van der Waals surface area contributed by atoms with Gasteiger partial charge in [-0.25, -0.2) is 4.79 Å². The first kappa shape index (κ1) is 11.7. The first-order valence-electron chi connectivity index (χ1n) is 5.96. The SMILES string of the molecule is CN(Cc1nnc2n1CCC2)c1nc(C(=O)O)co1. The van der Waals surface area contributed by atoms with Crippen LogP contribution in [0, 0.1) is 0 Å². The van der Waals surface area contributed by atoms with Gasteiger partial charge in [0.05, 0.1) is 6.54 Å². The highest BCUT2D eigenvalue weighted by molar-refractivity contribution is 5.85. The zero-order valence-corrected chi connectivity index (χ0v) is 10.4. The Bertz CT molecular complexity index is 618. The molecule has 0 saturated carbocycles. The van der Waals surface area contributed by atoms with Gasteiger partial charge < -0.3 is 19.0 Å². The third-order valence-corrected chi connectivity index (χ3v) is 3.10. The molecule has 8 nitrogen and oxygen atoms in total. The molecule has 1 N–H and O–H groups in total. The number of carboxylic acid groups (broad SMARTS) is 1. The Morgan fingerprint density at radius 3 is 3.16 bits per heavy atom. The molecule has 2 aromatic rings. The number of aryl methyl sites for hydroxylation is 1. The van der Waals surface area contributed by atoms with Crippen molar-refractivity contribution in [2.75, 3.05) is 11.9 Å². The quantitative estimate of drug-likeness (QED) is 0.860. The van der Waals surface area contributed by atoms with Crippen molar-refractivity contribution in [3.05, 3.63) is 23.6 Å². The summed E-state index contributed by atoms with van der Waals surface area (Å²) < 4.78 is 7.21. The number of oxazole rings is 1. The molecule has 0 saturated heterocycles. The zero-order valence-electron chi connectivity index (χ0n) is 10.4. The Morgan fingerprint density at radius 2 is 2.42 bits per heavy atom. The van der Waals surface area contributed by atoms with E-state index in [2.05, 4.69) is 19.7 Å². The van der Waals surface area contributed by atoms with E-state index in [9.17, 15) is 4.79 Å². The second-order valence-corrected chi connectivity index (χ2v) is 4.46. The van der Waals surface area contributed by atoms with Crippen LogP contribution in [-0.2, 0) is 19.5 Å². The molecule has 19 heavy (non-hydrogen) atoms. The van der Waals surface area contributed by atoms with Gasteiger partial charge in [-0.05, 0) is 6.42 Å². The average Bonchev–Trinajstić information content (AvgIpc) is 3.05. The van der Waals surface area contributed by atoms with Gasteiger partial charge in [-0.3, -0.25) is 0 Å². The Labute approximate surface area is 108 Å². The Balaban J connectivity index is 1.76. The molecule has 0 unspecified atom stereocenters. The van der Waals surface area contributed by atoms with Gasteiger partial charge in [0.15, 0.2) is 11.5 Å². The largest absolute Gasteiger partial charge is 0.476 e. The van der Waals surface area contributed by atoms with Gasteiger partial charge in [0, 0.05) is 20.0 Å². The predicted molar refractivity (Wildman–Crippen MR) is 63.9 cm³/mol. The third-order valence-electron chi connectivity index (χ3n) is 3.10. The fourth-order valence-electron chi connectivity index (χ4n) is 2.15. The zero-order chi connectivity index (χ0) is 13.4. The Kier molecular flexibility index (Phi) is 2.69. The lowest BCUT2D eigenvalue weighted by molar-refractivity contribution is 0.0690. The van der Waals surface area contributed by atoms with E-state index in [-0.39, 0.29) is 11.7 Å². The Hall–Kier alpha value is -2.38. The summed E-state index contributed by atoms with van der Waals surface area (Å²) in [6, 6.07) is 0.257. The minimum Gasteiger partial charge on any atom is -0.476 e. The van der Waals surface area contributed by atoms with Crippen molar-refractivity contribution in [1.82, 2.24) is 19.7 Å². The maximum absolute atomic E-state index is 10.7. The molecular formula is C11H13N5O3. The lowest BCUT2D eigenvalue weighted by Crippen LogP contribution is -2.20. The van der Waals surface area contributed by atoms with E-state index in [0.29, 0.717) is 6.54 Å². The van der Waals surface area contributed by atoms with E-state index in [1.165, 1.54) is 0 Å². The number of aromatic nitrogens is 4. The molecule has 0 fully saturated rings. The van der Waals surface area contributed by atoms with E-state index < -0.39 is 5.97 Å². The van der Waals surface area contributed by atoms with Gasteiger partial charge >= 0.3 is 5.97 Å². The minimum absolute atomic E-state index is 0.103. The smallest absolute Gasteiger partial charge is 0.357 e. The van der Waals surface area contributed by atoms with Crippen molar-refractivity contribution in [1.29, 1.82) is 0 Å². The van der Waals surface area contributed by atoms with Crippen molar-refractivity contribution in [2.45, 2.75) is 25.9 Å². The molecule has 2 aromatic heterocycles. The number of carboxylic acids is 1. The normalized spacial score (nSPS) is 13.5. The van der Waals surface area contributed by atoms with E-state index in [1.807, 2.05) is 0 Å². The summed E-state index contributed by atoms with van der Waals surface area (Å²) in [5, 5.41) is 17.0. The summed E-state index contributed by atoms with van der Waals surface area (Å²) in [6.07, 6.45) is 3.17. The molecule has 1 aliphatic heterocycles. The molecule has 0 radical (unpaired) electrons. The van der Waals surface area contributed by atoms with Gasteiger partial charge in [-0.2, -0.15) is 4.98 Å². The molecule has 0 aliphatic carbocycles. The van der Waals surface area contributed by atoms with Crippen LogP contribution in [0.3, 0.4) is 0 Å². The molecule has 0 atom stereocenters. The fraction of sp³-hybridized carbons (Fsp3) is 0.455. The molecule has 3 rings (SSSR count). The van der Waals surface area contributed by atoms with Crippen molar-refractivity contribution in [2.24, 2.45) is 0 Å². The fourth-order valence-corrected chi connectivity index (χ4v) is 2.15. The molecule has 1 aliphatic rings. The first-order valence-corrected chi connectivity index (χ1v) is 5.96. The van der Waals surface area contributed by atoms with Crippen LogP contribution in [0.1, 0.15) is 28.6 Å². The number of hydrogen-bond acceptors (Lipinski definition) is 6. The van der Waals surface area contributed by atoms with Gasteiger partial charge in [-0.15, -0.1) is 10.2 Å². The maximum Gasteiger partial charge on any atom is 0.357 e. The molecule has 0 amide bonds. The van der Waals surface area contributed by atoms with Crippen LogP contribution >= 0.6 is 0 Å². The van der Waals surface area contributed by atoms with Crippen LogP contribution in [0.2, 0.25) is 0 Å². The van der Waals surface area contributed by atoms with Crippen LogP contribution in [0.15, 0.2) is 10.7 Å². The van der Waals surface area contributed by atoms with Crippen LogP contribution < -0.4 is 4.90 Å². The Morgan fingerprint density at radius 1 is 1.58 bits per heavy atom. The number of carbonyl (C=O) groups is 1. The van der Waals surface area contributed by atoms with E-state index in [1.54, 1.807) is 11.9 Å². The summed E-state index contributed by atoms with van der Waals surface area (Å²) in [4.78, 5) is 16.3. The van der Waals surface area contributed by atoms with Crippen molar-refractivity contribution < 1.29 is 14.3 Å². The van der Waals surface area contributed by atoms with Crippen LogP contribution in [-0.4, -0.2) is 37.9 Å². The highest BCUT2D eigenvalue weighted by Gasteiger charge is 2.20.